The highest BCUT2D eigenvalue weighted by molar-refractivity contribution is 5.92. The van der Waals surface area contributed by atoms with Crippen molar-refractivity contribution in [2.75, 3.05) is 13.2 Å². The molecule has 8 atom stereocenters. The predicted molar refractivity (Wildman–Crippen MR) is 115 cm³/mol. The number of hydrogen-bond acceptors (Lipinski definition) is 6. The Morgan fingerprint density at radius 1 is 1.03 bits per heavy atom. The highest BCUT2D eigenvalue weighted by atomic mass is 16.9. The number of allylic oxidation sites excluding steroid dienone is 1. The van der Waals surface area contributed by atoms with Gasteiger partial charge in [-0.1, -0.05) is 19.4 Å². The van der Waals surface area contributed by atoms with Gasteiger partial charge < -0.3 is 19.3 Å². The standard InChI is InChI=1S/C26H36O6/c1-23-10-7-17(27)13-16(23)5-6-18-19-8-11-25(24(19,2)14-20(28)22(18)23)21(29)15-31-26(32-25)9-3-4-12-30-26/h13,18-20,22,28H,3-12,14-15H2,1-2H3/t18-,19-,20-,22+,23-,24-,25?,26?/m0/s1. The van der Waals surface area contributed by atoms with Crippen molar-refractivity contribution in [2.45, 2.75) is 95.7 Å². The Hall–Kier alpha value is -1.08. The van der Waals surface area contributed by atoms with Gasteiger partial charge in [0.05, 0.1) is 12.7 Å². The lowest BCUT2D eigenvalue weighted by molar-refractivity contribution is -0.439. The lowest BCUT2D eigenvalue weighted by atomic mass is 9.45. The van der Waals surface area contributed by atoms with E-state index in [9.17, 15) is 14.7 Å². The van der Waals surface area contributed by atoms with E-state index in [1.165, 1.54) is 5.57 Å². The zero-order chi connectivity index (χ0) is 22.4. The third-order valence-corrected chi connectivity index (χ3v) is 10.4. The summed E-state index contributed by atoms with van der Waals surface area (Å²) >= 11 is 0. The summed E-state index contributed by atoms with van der Waals surface area (Å²) < 4.78 is 18.5. The van der Waals surface area contributed by atoms with Crippen LogP contribution in [0.15, 0.2) is 11.6 Å². The summed E-state index contributed by atoms with van der Waals surface area (Å²) in [5.41, 5.74) is -0.275. The second kappa shape index (κ2) is 6.97. The number of aliphatic hydroxyl groups is 1. The summed E-state index contributed by atoms with van der Waals surface area (Å²) in [6.07, 6.45) is 9.39. The highest BCUT2D eigenvalue weighted by Crippen LogP contribution is 2.69. The van der Waals surface area contributed by atoms with Crippen LogP contribution < -0.4 is 0 Å². The molecule has 176 valence electrons. The summed E-state index contributed by atoms with van der Waals surface area (Å²) in [5, 5.41) is 11.6. The maximum absolute atomic E-state index is 13.5. The van der Waals surface area contributed by atoms with Crippen LogP contribution in [-0.2, 0) is 23.8 Å². The van der Waals surface area contributed by atoms with Gasteiger partial charge in [0.15, 0.2) is 11.6 Å². The number of Topliss-reactive ketones (excluding diaryl/α,β-unsaturated/α-hetero) is 1. The number of rotatable bonds is 0. The molecule has 2 saturated heterocycles. The lowest BCUT2D eigenvalue weighted by Crippen LogP contribution is -2.68. The van der Waals surface area contributed by atoms with E-state index >= 15 is 0 Å². The van der Waals surface area contributed by atoms with Gasteiger partial charge in [0.1, 0.15) is 12.2 Å². The molecular weight excluding hydrogens is 408 g/mol. The zero-order valence-corrected chi connectivity index (χ0v) is 19.4. The molecule has 6 nitrogen and oxygen atoms in total. The Balaban J connectivity index is 1.37. The molecule has 2 aliphatic heterocycles. The summed E-state index contributed by atoms with van der Waals surface area (Å²) in [6.45, 7) is 5.06. The molecule has 3 saturated carbocycles. The summed E-state index contributed by atoms with van der Waals surface area (Å²) in [4.78, 5) is 25.6. The van der Waals surface area contributed by atoms with Gasteiger partial charge >= 0.3 is 0 Å². The molecule has 0 aromatic heterocycles. The topological polar surface area (TPSA) is 82.1 Å². The molecule has 6 aliphatic rings. The fourth-order valence-corrected chi connectivity index (χ4v) is 8.88. The van der Waals surface area contributed by atoms with Gasteiger partial charge in [0.25, 0.3) is 5.97 Å². The molecule has 4 aliphatic carbocycles. The van der Waals surface area contributed by atoms with Crippen LogP contribution in [0.2, 0.25) is 0 Å². The van der Waals surface area contributed by atoms with Gasteiger partial charge in [-0.3, -0.25) is 9.59 Å². The molecule has 0 bridgehead atoms. The van der Waals surface area contributed by atoms with Crippen LogP contribution in [0.4, 0.5) is 0 Å². The average molecular weight is 445 g/mol. The molecule has 0 aromatic carbocycles. The quantitative estimate of drug-likeness (QED) is 0.614. The predicted octanol–water partition coefficient (Wildman–Crippen LogP) is 3.70. The van der Waals surface area contributed by atoms with Crippen molar-refractivity contribution in [1.29, 1.82) is 0 Å². The van der Waals surface area contributed by atoms with E-state index in [1.54, 1.807) is 0 Å². The molecule has 6 rings (SSSR count). The van der Waals surface area contributed by atoms with Gasteiger partial charge in [-0.25, -0.2) is 0 Å². The molecule has 6 heteroatoms. The van der Waals surface area contributed by atoms with Crippen LogP contribution in [0, 0.1) is 28.6 Å². The zero-order valence-electron chi connectivity index (χ0n) is 19.4. The maximum atomic E-state index is 13.5. The third-order valence-electron chi connectivity index (χ3n) is 10.4. The first-order valence-electron chi connectivity index (χ1n) is 12.7. The van der Waals surface area contributed by atoms with E-state index in [2.05, 4.69) is 13.8 Å². The fraction of sp³-hybridized carbons (Fsp3) is 0.846. The van der Waals surface area contributed by atoms with Crippen LogP contribution in [0.25, 0.3) is 0 Å². The van der Waals surface area contributed by atoms with E-state index in [4.69, 9.17) is 14.2 Å². The molecule has 32 heavy (non-hydrogen) atoms. The number of hydrogen-bond donors (Lipinski definition) is 1. The molecule has 2 heterocycles. The molecule has 0 radical (unpaired) electrons. The van der Waals surface area contributed by atoms with Crippen molar-refractivity contribution >= 4 is 11.6 Å². The number of ketones is 2. The number of ether oxygens (including phenoxy) is 3. The second-order valence-corrected chi connectivity index (χ2v) is 11.7. The first-order chi connectivity index (χ1) is 15.2. The second-order valence-electron chi connectivity index (χ2n) is 11.7. The van der Waals surface area contributed by atoms with Crippen molar-refractivity contribution < 1.29 is 28.9 Å². The minimum atomic E-state index is -1.11. The highest BCUT2D eigenvalue weighted by Gasteiger charge is 2.72. The van der Waals surface area contributed by atoms with Crippen molar-refractivity contribution in [3.63, 3.8) is 0 Å². The average Bonchev–Trinajstić information content (AvgIpc) is 3.04. The van der Waals surface area contributed by atoms with Crippen molar-refractivity contribution in [2.24, 2.45) is 28.6 Å². The summed E-state index contributed by atoms with van der Waals surface area (Å²) in [7, 11) is 0. The van der Waals surface area contributed by atoms with E-state index in [1.807, 2.05) is 6.08 Å². The summed E-state index contributed by atoms with van der Waals surface area (Å²) in [6, 6.07) is 0. The Kier molecular flexibility index (Phi) is 4.67. The summed E-state index contributed by atoms with van der Waals surface area (Å²) in [5.74, 6) is -0.0813. The van der Waals surface area contributed by atoms with Gasteiger partial charge in [0, 0.05) is 18.3 Å². The molecular formula is C26H36O6. The first-order valence-corrected chi connectivity index (χ1v) is 12.7. The minimum absolute atomic E-state index is 0.0128. The van der Waals surface area contributed by atoms with Crippen molar-refractivity contribution in [3.05, 3.63) is 11.6 Å². The molecule has 5 fully saturated rings. The van der Waals surface area contributed by atoms with E-state index in [-0.39, 0.29) is 29.5 Å². The SMILES string of the molecule is C[C@]12CCC(=O)C=C1CC[C@@H]1[C@@H]2[C@@H](O)C[C@@]2(C)[C@H]1CCC21OC2(CCCCO2)OCC1=O. The smallest absolute Gasteiger partial charge is 0.284 e. The van der Waals surface area contributed by atoms with Crippen LogP contribution in [0.1, 0.15) is 78.1 Å². The fourth-order valence-electron chi connectivity index (χ4n) is 8.88. The molecule has 1 N–H and O–H groups in total. The lowest BCUT2D eigenvalue weighted by Gasteiger charge is -2.62. The molecule has 0 amide bonds. The normalized spacial score (nSPS) is 53.0. The Bertz CT molecular complexity index is 874. The Labute approximate surface area is 190 Å². The van der Waals surface area contributed by atoms with Crippen LogP contribution in [-0.4, -0.2) is 47.6 Å². The van der Waals surface area contributed by atoms with Gasteiger partial charge in [-0.2, -0.15) is 0 Å². The number of carbonyl (C=O) groups is 2. The molecule has 2 spiro atoms. The Morgan fingerprint density at radius 2 is 1.88 bits per heavy atom. The van der Waals surface area contributed by atoms with E-state index in [0.29, 0.717) is 44.1 Å². The Morgan fingerprint density at radius 3 is 2.66 bits per heavy atom. The number of carbonyl (C=O) groups excluding carboxylic acids is 2. The molecule has 2 unspecified atom stereocenters. The molecule has 0 aromatic rings. The van der Waals surface area contributed by atoms with Gasteiger partial charge in [0.2, 0.25) is 0 Å². The third kappa shape index (κ3) is 2.67. The van der Waals surface area contributed by atoms with Crippen LogP contribution >= 0.6 is 0 Å². The van der Waals surface area contributed by atoms with E-state index in [0.717, 1.165) is 38.5 Å². The first kappa shape index (κ1) is 21.5. The number of aliphatic hydroxyl groups excluding tert-OH is 1. The van der Waals surface area contributed by atoms with E-state index < -0.39 is 23.1 Å². The van der Waals surface area contributed by atoms with Gasteiger partial charge in [-0.05, 0) is 80.6 Å². The number of fused-ring (bicyclic) bond motifs is 6. The van der Waals surface area contributed by atoms with Crippen molar-refractivity contribution in [1.82, 2.24) is 0 Å². The van der Waals surface area contributed by atoms with Crippen molar-refractivity contribution in [3.8, 4) is 0 Å². The monoisotopic (exact) mass is 444 g/mol. The van der Waals surface area contributed by atoms with Crippen LogP contribution in [0.3, 0.4) is 0 Å². The van der Waals surface area contributed by atoms with Gasteiger partial charge in [-0.15, -0.1) is 0 Å². The largest absolute Gasteiger partial charge is 0.393 e. The van der Waals surface area contributed by atoms with Crippen LogP contribution in [0.5, 0.6) is 0 Å². The minimum Gasteiger partial charge on any atom is -0.393 e. The maximum Gasteiger partial charge on any atom is 0.284 e.